The van der Waals surface area contributed by atoms with Crippen molar-refractivity contribution in [3.05, 3.63) is 53.4 Å². The minimum atomic E-state index is -0.297. The van der Waals surface area contributed by atoms with E-state index in [0.717, 1.165) is 5.56 Å². The number of para-hydroxylation sites is 1. The van der Waals surface area contributed by atoms with Crippen molar-refractivity contribution in [2.75, 3.05) is 10.8 Å². The second-order valence-corrected chi connectivity index (χ2v) is 4.73. The van der Waals surface area contributed by atoms with Gasteiger partial charge >= 0.3 is 0 Å². The van der Waals surface area contributed by atoms with Gasteiger partial charge in [-0.1, -0.05) is 18.2 Å². The number of pyridine rings is 1. The summed E-state index contributed by atoms with van der Waals surface area (Å²) in [4.78, 5) is 17.8. The van der Waals surface area contributed by atoms with Crippen LogP contribution in [0.25, 0.3) is 0 Å². The smallest absolute Gasteiger partial charge is 0.247 e. The Labute approximate surface area is 121 Å². The van der Waals surface area contributed by atoms with Crippen LogP contribution in [0.3, 0.4) is 0 Å². The van der Waals surface area contributed by atoms with Crippen molar-refractivity contribution in [3.63, 3.8) is 0 Å². The van der Waals surface area contributed by atoms with E-state index in [1.807, 2.05) is 18.2 Å². The van der Waals surface area contributed by atoms with E-state index >= 15 is 0 Å². The molecule has 1 aromatic heterocycles. The molecular formula is C14H12ClN3O2. The quantitative estimate of drug-likeness (QED) is 0.639. The summed E-state index contributed by atoms with van der Waals surface area (Å²) >= 11 is 5.70. The van der Waals surface area contributed by atoms with Crippen LogP contribution in [0.2, 0.25) is 0 Å². The van der Waals surface area contributed by atoms with Gasteiger partial charge in [0.15, 0.2) is 5.69 Å². The predicted molar refractivity (Wildman–Crippen MR) is 76.2 cm³/mol. The first kappa shape index (κ1) is 13.1. The van der Waals surface area contributed by atoms with Gasteiger partial charge in [-0.25, -0.2) is 4.98 Å². The van der Waals surface area contributed by atoms with Crippen LogP contribution < -0.4 is 9.96 Å². The lowest BCUT2D eigenvalue weighted by molar-refractivity contribution is -0.790. The summed E-state index contributed by atoms with van der Waals surface area (Å²) in [5.41, 5.74) is 1.92. The maximum absolute atomic E-state index is 12.3. The van der Waals surface area contributed by atoms with E-state index in [1.54, 1.807) is 24.4 Å². The Kier molecular flexibility index (Phi) is 3.40. The molecule has 2 heterocycles. The van der Waals surface area contributed by atoms with Crippen molar-refractivity contribution in [1.29, 1.82) is 0 Å². The molecule has 0 fully saturated rings. The van der Waals surface area contributed by atoms with Crippen molar-refractivity contribution < 1.29 is 9.86 Å². The van der Waals surface area contributed by atoms with Gasteiger partial charge in [-0.05, 0) is 12.1 Å². The van der Waals surface area contributed by atoms with Gasteiger partial charge in [0.2, 0.25) is 11.7 Å². The minimum absolute atomic E-state index is 0.0505. The summed E-state index contributed by atoms with van der Waals surface area (Å²) in [5, 5.41) is 12.3. The van der Waals surface area contributed by atoms with Crippen LogP contribution in [0.15, 0.2) is 42.6 Å². The lowest BCUT2D eigenvalue weighted by Gasteiger charge is -2.22. The third kappa shape index (κ3) is 2.06. The highest BCUT2D eigenvalue weighted by Crippen LogP contribution is 2.33. The number of anilines is 2. The van der Waals surface area contributed by atoms with Gasteiger partial charge in [0.25, 0.3) is 0 Å². The lowest BCUT2D eigenvalue weighted by Crippen LogP contribution is -3.00. The average molecular weight is 290 g/mol. The van der Waals surface area contributed by atoms with E-state index in [2.05, 4.69) is 4.98 Å². The Bertz CT molecular complexity index is 662. The van der Waals surface area contributed by atoms with Crippen molar-refractivity contribution in [1.82, 2.24) is 4.98 Å². The van der Waals surface area contributed by atoms with Crippen LogP contribution in [0.1, 0.15) is 5.56 Å². The number of hydrogen-bond acceptors (Lipinski definition) is 3. The predicted octanol–water partition coefficient (Wildman–Crippen LogP) is 1.51. The normalized spacial score (nSPS) is 17.1. The van der Waals surface area contributed by atoms with Crippen LogP contribution in [-0.4, -0.2) is 16.8 Å². The number of hydrogen-bond donors (Lipinski definition) is 1. The highest BCUT2D eigenvalue weighted by molar-refractivity contribution is 6.30. The number of amides is 1. The van der Waals surface area contributed by atoms with Gasteiger partial charge in [-0.3, -0.25) is 9.69 Å². The molecule has 1 aromatic carbocycles. The zero-order valence-electron chi connectivity index (χ0n) is 10.5. The van der Waals surface area contributed by atoms with Crippen LogP contribution in [-0.2, 0) is 11.3 Å². The third-order valence-electron chi connectivity index (χ3n) is 3.25. The van der Waals surface area contributed by atoms with Crippen LogP contribution in [0.5, 0.6) is 0 Å². The van der Waals surface area contributed by atoms with Crippen molar-refractivity contribution >= 4 is 34.7 Å². The first-order valence-corrected chi connectivity index (χ1v) is 6.71. The largest absolute Gasteiger partial charge is 0.629 e. The third-order valence-corrected chi connectivity index (χ3v) is 3.47. The molecule has 20 heavy (non-hydrogen) atoms. The van der Waals surface area contributed by atoms with Crippen LogP contribution in [0, 0.1) is 5.21 Å². The molecule has 2 aromatic rings. The maximum atomic E-state index is 12.3. The van der Waals surface area contributed by atoms with Gasteiger partial charge in [-0.15, -0.1) is 11.6 Å². The second-order valence-electron chi connectivity index (χ2n) is 4.47. The topological polar surface area (TPSA) is 60.7 Å². The number of benzene rings is 1. The summed E-state index contributed by atoms with van der Waals surface area (Å²) in [6.45, 7) is 0.251. The summed E-state index contributed by atoms with van der Waals surface area (Å²) < 4.78 is 0. The molecule has 102 valence electrons. The molecule has 3 rings (SSSR count). The monoisotopic (exact) mass is 289 g/mol. The minimum Gasteiger partial charge on any atom is -0.629 e. The van der Waals surface area contributed by atoms with Gasteiger partial charge in [0, 0.05) is 17.8 Å². The maximum Gasteiger partial charge on any atom is 0.247 e. The van der Waals surface area contributed by atoms with Crippen molar-refractivity contribution in [3.8, 4) is 0 Å². The molecule has 0 bridgehead atoms. The number of hydroxylamine groups is 1. The van der Waals surface area contributed by atoms with E-state index in [1.165, 1.54) is 4.90 Å². The van der Waals surface area contributed by atoms with Gasteiger partial charge < -0.3 is 10.3 Å². The molecule has 1 aliphatic rings. The lowest BCUT2D eigenvalue weighted by atomic mass is 10.1. The summed E-state index contributed by atoms with van der Waals surface area (Å²) in [7, 11) is 0. The standard InChI is InChI=1S/C14H12ClN3O2/c15-8-13(19)18-11-5-2-1-4-10(11)9-17(20)12-6-3-7-16-14(12)18/h1-7,17H,8-9H2. The molecular weight excluding hydrogens is 278 g/mol. The van der Waals surface area contributed by atoms with E-state index in [4.69, 9.17) is 11.6 Å². The molecule has 0 saturated heterocycles. The molecule has 5 nitrogen and oxygen atoms in total. The van der Waals surface area contributed by atoms with Crippen molar-refractivity contribution in [2.24, 2.45) is 0 Å². The Balaban J connectivity index is 2.26. The molecule has 1 unspecified atom stereocenters. The number of alkyl halides is 1. The Morgan fingerprint density at radius 3 is 2.95 bits per heavy atom. The van der Waals surface area contributed by atoms with Gasteiger partial charge in [0.05, 0.1) is 5.69 Å². The highest BCUT2D eigenvalue weighted by atomic mass is 35.5. The number of carbonyl (C=O) groups excluding carboxylic acids is 1. The number of rotatable bonds is 1. The van der Waals surface area contributed by atoms with Gasteiger partial charge in [0.1, 0.15) is 12.4 Å². The average Bonchev–Trinajstić information content (AvgIpc) is 2.61. The molecule has 1 atom stereocenters. The molecule has 1 N–H and O–H groups in total. The highest BCUT2D eigenvalue weighted by Gasteiger charge is 2.29. The molecule has 0 spiro atoms. The molecule has 1 amide bonds. The van der Waals surface area contributed by atoms with Crippen LogP contribution >= 0.6 is 11.6 Å². The molecule has 6 heteroatoms. The molecule has 0 radical (unpaired) electrons. The number of nitrogens with zero attached hydrogens (tertiary/aromatic N) is 2. The number of fused-ring (bicyclic) bond motifs is 2. The SMILES string of the molecule is O=C(CCl)N1c2ccccc2C[NH+]([O-])c2cccnc21. The Morgan fingerprint density at radius 2 is 2.15 bits per heavy atom. The van der Waals surface area contributed by atoms with Crippen molar-refractivity contribution in [2.45, 2.75) is 6.54 Å². The summed E-state index contributed by atoms with van der Waals surface area (Å²) in [6, 6.07) is 10.7. The second kappa shape index (κ2) is 5.20. The van der Waals surface area contributed by atoms with E-state index < -0.39 is 0 Å². The first-order valence-electron chi connectivity index (χ1n) is 6.17. The number of aromatic nitrogens is 1. The number of carbonyl (C=O) groups is 1. The van der Waals surface area contributed by atoms with Gasteiger partial charge in [-0.2, -0.15) is 0 Å². The molecule has 0 saturated carbocycles. The van der Waals surface area contributed by atoms with E-state index in [-0.39, 0.29) is 23.4 Å². The Morgan fingerprint density at radius 1 is 1.35 bits per heavy atom. The Hall–Kier alpha value is -1.95. The first-order chi connectivity index (χ1) is 9.72. The van der Waals surface area contributed by atoms with E-state index in [9.17, 15) is 10.0 Å². The van der Waals surface area contributed by atoms with Crippen LogP contribution in [0.4, 0.5) is 17.2 Å². The number of nitrogens with one attached hydrogen (secondary N) is 1. The zero-order chi connectivity index (χ0) is 14.1. The van der Waals surface area contributed by atoms with E-state index in [0.29, 0.717) is 17.2 Å². The number of halogens is 1. The fraction of sp³-hybridized carbons (Fsp3) is 0.143. The fourth-order valence-electron chi connectivity index (χ4n) is 2.37. The zero-order valence-corrected chi connectivity index (χ0v) is 11.3. The molecule has 1 aliphatic heterocycles. The summed E-state index contributed by atoms with van der Waals surface area (Å²) in [6.07, 6.45) is 1.56. The number of quaternary nitrogens is 1. The molecule has 0 aliphatic carbocycles. The summed E-state index contributed by atoms with van der Waals surface area (Å²) in [5.74, 6) is -0.111. The fourth-order valence-corrected chi connectivity index (χ4v) is 2.49.